The van der Waals surface area contributed by atoms with Crippen LogP contribution in [-0.2, 0) is 4.79 Å². The van der Waals surface area contributed by atoms with Crippen LogP contribution in [0.2, 0.25) is 5.02 Å². The zero-order valence-electron chi connectivity index (χ0n) is 14.2. The van der Waals surface area contributed by atoms with E-state index in [4.69, 9.17) is 28.9 Å². The van der Waals surface area contributed by atoms with E-state index in [9.17, 15) is 14.9 Å². The van der Waals surface area contributed by atoms with Gasteiger partial charge in [-0.25, -0.2) is 0 Å². The van der Waals surface area contributed by atoms with Crippen LogP contribution >= 0.6 is 47.3 Å². The molecule has 2 aromatic carbocycles. The van der Waals surface area contributed by atoms with Crippen LogP contribution in [0.5, 0.6) is 0 Å². The number of aliphatic hydroxyl groups excluding tert-OH is 1. The van der Waals surface area contributed by atoms with Crippen LogP contribution < -0.4 is 4.90 Å². The number of nitrogens with zero attached hydrogens (tertiary/aromatic N) is 2. The Hall–Kier alpha value is -1.91. The lowest BCUT2D eigenvalue weighted by Crippen LogP contribution is -2.27. The van der Waals surface area contributed by atoms with Crippen molar-refractivity contribution in [1.29, 1.82) is 0 Å². The molecule has 0 aliphatic carbocycles. The van der Waals surface area contributed by atoms with E-state index < -0.39 is 4.92 Å². The Bertz CT molecular complexity index is 997. The summed E-state index contributed by atoms with van der Waals surface area (Å²) in [5, 5.41) is 20.8. The summed E-state index contributed by atoms with van der Waals surface area (Å²) in [4.78, 5) is 25.9. The van der Waals surface area contributed by atoms with Crippen LogP contribution in [0.1, 0.15) is 5.56 Å². The van der Waals surface area contributed by atoms with Crippen molar-refractivity contribution < 1.29 is 14.8 Å². The molecule has 1 saturated heterocycles. The van der Waals surface area contributed by atoms with E-state index in [1.807, 2.05) is 0 Å². The Morgan fingerprint density at radius 3 is 2.79 bits per heavy atom. The predicted molar refractivity (Wildman–Crippen MR) is 118 cm³/mol. The third-order valence-electron chi connectivity index (χ3n) is 3.69. The molecular weight excluding hydrogens is 440 g/mol. The highest BCUT2D eigenvalue weighted by atomic mass is 35.5. The molecule has 1 aliphatic rings. The van der Waals surface area contributed by atoms with Gasteiger partial charge in [0.25, 0.3) is 11.6 Å². The predicted octanol–water partition coefficient (Wildman–Crippen LogP) is 4.74. The zero-order valence-corrected chi connectivity index (χ0v) is 17.4. The second kappa shape index (κ2) is 9.06. The van der Waals surface area contributed by atoms with Gasteiger partial charge in [-0.15, -0.1) is 11.8 Å². The molecule has 1 fully saturated rings. The molecule has 0 unspecified atom stereocenters. The van der Waals surface area contributed by atoms with E-state index in [0.29, 0.717) is 36.1 Å². The highest BCUT2D eigenvalue weighted by Gasteiger charge is 2.33. The molecule has 2 aromatic rings. The van der Waals surface area contributed by atoms with E-state index in [1.165, 1.54) is 22.7 Å². The summed E-state index contributed by atoms with van der Waals surface area (Å²) < 4.78 is 0.364. The van der Waals surface area contributed by atoms with Gasteiger partial charge in [-0.3, -0.25) is 19.8 Å². The third-order valence-corrected chi connectivity index (χ3v) is 6.27. The summed E-state index contributed by atoms with van der Waals surface area (Å²) in [6.45, 7) is -0.0739. The van der Waals surface area contributed by atoms with Gasteiger partial charge in [0.2, 0.25) is 0 Å². The lowest BCUT2D eigenvalue weighted by atomic mass is 10.2. The summed E-state index contributed by atoms with van der Waals surface area (Å²) in [6.07, 6.45) is 1.58. The zero-order chi connectivity index (χ0) is 20.3. The molecule has 0 bridgehead atoms. The molecular formula is C18H13ClN2O4S3. The van der Waals surface area contributed by atoms with Crippen LogP contribution in [0.25, 0.3) is 6.08 Å². The molecule has 0 radical (unpaired) electrons. The minimum absolute atomic E-state index is 0.0717. The van der Waals surface area contributed by atoms with Gasteiger partial charge in [0.1, 0.15) is 0 Å². The van der Waals surface area contributed by atoms with Crippen LogP contribution in [0.4, 0.5) is 11.4 Å². The molecule has 1 N–H and O–H groups in total. The topological polar surface area (TPSA) is 83.7 Å². The largest absolute Gasteiger partial charge is 0.396 e. The number of carbonyl (C=O) groups is 1. The first-order chi connectivity index (χ1) is 13.4. The molecule has 0 spiro atoms. The van der Waals surface area contributed by atoms with Crippen LogP contribution in [0, 0.1) is 10.1 Å². The molecule has 10 heteroatoms. The van der Waals surface area contributed by atoms with Gasteiger partial charge in [-0.2, -0.15) is 0 Å². The van der Waals surface area contributed by atoms with E-state index in [0.717, 1.165) is 11.8 Å². The van der Waals surface area contributed by atoms with Gasteiger partial charge in [0.15, 0.2) is 4.32 Å². The van der Waals surface area contributed by atoms with Crippen molar-refractivity contribution in [2.24, 2.45) is 0 Å². The van der Waals surface area contributed by atoms with Crippen molar-refractivity contribution in [1.82, 2.24) is 0 Å². The minimum Gasteiger partial charge on any atom is -0.396 e. The summed E-state index contributed by atoms with van der Waals surface area (Å²) in [5.74, 6) is 0.0528. The summed E-state index contributed by atoms with van der Waals surface area (Å²) in [5.41, 5.74) is 1.02. The van der Waals surface area contributed by atoms with Crippen molar-refractivity contribution in [3.8, 4) is 0 Å². The summed E-state index contributed by atoms with van der Waals surface area (Å²) in [7, 11) is 0. The number of nitro benzene ring substituents is 1. The van der Waals surface area contributed by atoms with Crippen LogP contribution in [-0.4, -0.2) is 32.6 Å². The average Bonchev–Trinajstić information content (AvgIpc) is 2.93. The normalized spacial score (nSPS) is 15.5. The van der Waals surface area contributed by atoms with E-state index >= 15 is 0 Å². The number of hydrogen-bond donors (Lipinski definition) is 1. The molecule has 6 nitrogen and oxygen atoms in total. The number of benzene rings is 2. The minimum atomic E-state index is -0.478. The number of thioether (sulfide) groups is 2. The second-order valence-corrected chi connectivity index (χ2v) is 8.80. The second-order valence-electron chi connectivity index (χ2n) is 5.55. The third kappa shape index (κ3) is 4.56. The SMILES string of the molecule is O=C1C(=Cc2ccc(SCCO)c([N+](=O)[O-])c2)SC(=S)N1c1cccc(Cl)c1. The van der Waals surface area contributed by atoms with Crippen LogP contribution in [0.3, 0.4) is 0 Å². The highest BCUT2D eigenvalue weighted by Crippen LogP contribution is 2.37. The maximum Gasteiger partial charge on any atom is 0.283 e. The molecule has 1 aliphatic heterocycles. The van der Waals surface area contributed by atoms with Gasteiger partial charge >= 0.3 is 0 Å². The lowest BCUT2D eigenvalue weighted by Gasteiger charge is -2.14. The van der Waals surface area contributed by atoms with Crippen molar-refractivity contribution in [2.75, 3.05) is 17.3 Å². The number of nitro groups is 1. The molecule has 28 heavy (non-hydrogen) atoms. The number of anilines is 1. The fourth-order valence-electron chi connectivity index (χ4n) is 2.50. The smallest absolute Gasteiger partial charge is 0.283 e. The Morgan fingerprint density at radius 1 is 1.32 bits per heavy atom. The maximum atomic E-state index is 12.8. The van der Waals surface area contributed by atoms with Gasteiger partial charge in [0.05, 0.1) is 27.0 Å². The Kier molecular flexibility index (Phi) is 6.73. The van der Waals surface area contributed by atoms with E-state index in [-0.39, 0.29) is 18.2 Å². The average molecular weight is 453 g/mol. The molecule has 0 aromatic heterocycles. The number of aliphatic hydroxyl groups is 1. The van der Waals surface area contributed by atoms with E-state index in [1.54, 1.807) is 42.5 Å². The Morgan fingerprint density at radius 2 is 2.11 bits per heavy atom. The van der Waals surface area contributed by atoms with Gasteiger partial charge < -0.3 is 5.11 Å². The first-order valence-corrected chi connectivity index (χ1v) is 10.5. The van der Waals surface area contributed by atoms with E-state index in [2.05, 4.69) is 0 Å². The van der Waals surface area contributed by atoms with Crippen LogP contribution in [0.15, 0.2) is 52.3 Å². The molecule has 3 rings (SSSR count). The molecule has 144 valence electrons. The number of thiocarbonyl (C=S) groups is 1. The Labute approximate surface area is 179 Å². The summed E-state index contributed by atoms with van der Waals surface area (Å²) >= 11 is 13.6. The molecule has 1 heterocycles. The molecule has 1 amide bonds. The fraction of sp³-hybridized carbons (Fsp3) is 0.111. The number of amides is 1. The first kappa shape index (κ1) is 20.8. The standard InChI is InChI=1S/C18H13ClN2O4S3/c19-12-2-1-3-13(10-12)20-17(23)16(28-18(20)26)9-11-4-5-15(27-7-6-22)14(8-11)21(24)25/h1-5,8-10,22H,6-7H2. The van der Waals surface area contributed by atoms with Crippen molar-refractivity contribution in [2.45, 2.75) is 4.90 Å². The van der Waals surface area contributed by atoms with Gasteiger partial charge in [0, 0.05) is 16.8 Å². The lowest BCUT2D eigenvalue weighted by molar-refractivity contribution is -0.387. The van der Waals surface area contributed by atoms with Crippen molar-refractivity contribution in [3.05, 3.63) is 68.1 Å². The Balaban J connectivity index is 1.91. The van der Waals surface area contributed by atoms with Gasteiger partial charge in [-0.05, 0) is 35.9 Å². The molecule has 0 atom stereocenters. The number of hydrogen-bond acceptors (Lipinski definition) is 7. The highest BCUT2D eigenvalue weighted by molar-refractivity contribution is 8.27. The fourth-order valence-corrected chi connectivity index (χ4v) is 4.74. The quantitative estimate of drug-likeness (QED) is 0.223. The number of carbonyl (C=O) groups excluding carboxylic acids is 1. The van der Waals surface area contributed by atoms with Gasteiger partial charge in [-0.1, -0.05) is 47.7 Å². The monoisotopic (exact) mass is 452 g/mol. The maximum absolute atomic E-state index is 12.8. The van der Waals surface area contributed by atoms with Crippen molar-refractivity contribution >= 4 is 75.0 Å². The first-order valence-electron chi connectivity index (χ1n) is 7.96. The number of rotatable bonds is 6. The van der Waals surface area contributed by atoms with Crippen molar-refractivity contribution in [3.63, 3.8) is 0 Å². The summed E-state index contributed by atoms with van der Waals surface area (Å²) in [6, 6.07) is 11.5. The number of halogens is 1. The molecule has 0 saturated carbocycles.